The molecule has 0 fully saturated rings. The first-order valence-corrected chi connectivity index (χ1v) is 6.95. The molecule has 8 nitrogen and oxygen atoms in total. The van der Waals surface area contributed by atoms with Crippen LogP contribution in [0.25, 0.3) is 0 Å². The van der Waals surface area contributed by atoms with Crippen molar-refractivity contribution in [3.8, 4) is 5.75 Å². The molecule has 0 saturated carbocycles. The largest absolute Gasteiger partial charge is 0.412 e. The summed E-state index contributed by atoms with van der Waals surface area (Å²) in [6.07, 6.45) is -0.687. The number of rotatable bonds is 4. The SMILES string of the molecule is CNC(=O)Oc1ccccc1C(=O)N(C)c1ccc([N+](=O)[O-])cc1. The Labute approximate surface area is 137 Å². The van der Waals surface area contributed by atoms with E-state index in [-0.39, 0.29) is 17.0 Å². The first kappa shape index (κ1) is 16.9. The highest BCUT2D eigenvalue weighted by atomic mass is 16.6. The van der Waals surface area contributed by atoms with E-state index in [0.29, 0.717) is 5.69 Å². The van der Waals surface area contributed by atoms with Crippen molar-refractivity contribution in [1.82, 2.24) is 5.32 Å². The number of para-hydroxylation sites is 1. The molecule has 0 heterocycles. The van der Waals surface area contributed by atoms with E-state index in [1.807, 2.05) is 0 Å². The standard InChI is InChI=1S/C16H15N3O5/c1-17-16(21)24-14-6-4-3-5-13(14)15(20)18(2)11-7-9-12(10-8-11)19(22)23/h3-10H,1-2H3,(H,17,21). The van der Waals surface area contributed by atoms with Gasteiger partial charge in [-0.1, -0.05) is 12.1 Å². The van der Waals surface area contributed by atoms with E-state index in [4.69, 9.17) is 4.74 Å². The molecule has 0 aliphatic carbocycles. The maximum absolute atomic E-state index is 12.6. The molecule has 0 saturated heterocycles. The third-order valence-corrected chi connectivity index (χ3v) is 3.28. The normalized spacial score (nSPS) is 9.92. The van der Waals surface area contributed by atoms with Crippen molar-refractivity contribution >= 4 is 23.4 Å². The molecule has 0 aromatic heterocycles. The molecule has 2 amide bonds. The fraction of sp³-hybridized carbons (Fsp3) is 0.125. The van der Waals surface area contributed by atoms with E-state index >= 15 is 0 Å². The monoisotopic (exact) mass is 329 g/mol. The number of nitrogens with one attached hydrogen (secondary N) is 1. The maximum atomic E-state index is 12.6. The molecule has 2 aromatic rings. The Morgan fingerprint density at radius 3 is 2.33 bits per heavy atom. The van der Waals surface area contributed by atoms with Crippen molar-refractivity contribution in [3.63, 3.8) is 0 Å². The fourth-order valence-corrected chi connectivity index (χ4v) is 1.98. The van der Waals surface area contributed by atoms with Gasteiger partial charge in [-0.2, -0.15) is 0 Å². The van der Waals surface area contributed by atoms with Crippen LogP contribution < -0.4 is 15.0 Å². The molecule has 1 N–H and O–H groups in total. The lowest BCUT2D eigenvalue weighted by Crippen LogP contribution is -2.28. The van der Waals surface area contributed by atoms with Gasteiger partial charge >= 0.3 is 6.09 Å². The number of carbonyl (C=O) groups excluding carboxylic acids is 2. The lowest BCUT2D eigenvalue weighted by molar-refractivity contribution is -0.384. The number of hydrogen-bond donors (Lipinski definition) is 1. The van der Waals surface area contributed by atoms with Crippen LogP contribution in [-0.4, -0.2) is 31.0 Å². The number of carbonyl (C=O) groups is 2. The molecular formula is C16H15N3O5. The molecular weight excluding hydrogens is 314 g/mol. The molecule has 0 aliphatic rings. The molecule has 0 atom stereocenters. The van der Waals surface area contributed by atoms with E-state index in [1.165, 1.54) is 55.4 Å². The lowest BCUT2D eigenvalue weighted by Gasteiger charge is -2.18. The lowest BCUT2D eigenvalue weighted by atomic mass is 10.1. The summed E-state index contributed by atoms with van der Waals surface area (Å²) < 4.78 is 5.07. The Kier molecular flexibility index (Phi) is 5.10. The molecule has 124 valence electrons. The maximum Gasteiger partial charge on any atom is 0.412 e. The Morgan fingerprint density at radius 1 is 1.12 bits per heavy atom. The molecule has 8 heteroatoms. The second-order valence-electron chi connectivity index (χ2n) is 4.77. The zero-order valence-electron chi connectivity index (χ0n) is 13.1. The van der Waals surface area contributed by atoms with Gasteiger partial charge in [0.25, 0.3) is 11.6 Å². The van der Waals surface area contributed by atoms with Gasteiger partial charge in [0.2, 0.25) is 0 Å². The van der Waals surface area contributed by atoms with Crippen LogP contribution in [0.5, 0.6) is 5.75 Å². The highest BCUT2D eigenvalue weighted by Gasteiger charge is 2.19. The number of anilines is 1. The summed E-state index contributed by atoms with van der Waals surface area (Å²) in [4.78, 5) is 35.5. The third kappa shape index (κ3) is 3.67. The third-order valence-electron chi connectivity index (χ3n) is 3.28. The average molecular weight is 329 g/mol. The molecule has 2 aromatic carbocycles. The molecule has 0 spiro atoms. The highest BCUT2D eigenvalue weighted by molar-refractivity contribution is 6.07. The van der Waals surface area contributed by atoms with Crippen LogP contribution in [0.4, 0.5) is 16.2 Å². The fourth-order valence-electron chi connectivity index (χ4n) is 1.98. The van der Waals surface area contributed by atoms with Crippen LogP contribution in [0.3, 0.4) is 0 Å². The van der Waals surface area contributed by atoms with E-state index < -0.39 is 16.9 Å². The Morgan fingerprint density at radius 2 is 1.75 bits per heavy atom. The molecule has 24 heavy (non-hydrogen) atoms. The first-order valence-electron chi connectivity index (χ1n) is 6.95. The van der Waals surface area contributed by atoms with Gasteiger partial charge in [0, 0.05) is 31.9 Å². The molecule has 0 radical (unpaired) electrons. The summed E-state index contributed by atoms with van der Waals surface area (Å²) in [6.45, 7) is 0. The van der Waals surface area contributed by atoms with Crippen LogP contribution in [-0.2, 0) is 0 Å². The summed E-state index contributed by atoms with van der Waals surface area (Å²) in [6, 6.07) is 11.9. The van der Waals surface area contributed by atoms with Gasteiger partial charge in [-0.15, -0.1) is 0 Å². The summed E-state index contributed by atoms with van der Waals surface area (Å²) in [5.41, 5.74) is 0.602. The summed E-state index contributed by atoms with van der Waals surface area (Å²) >= 11 is 0. The van der Waals surface area contributed by atoms with Crippen LogP contribution in [0.2, 0.25) is 0 Å². The van der Waals surface area contributed by atoms with Crippen molar-refractivity contribution in [1.29, 1.82) is 0 Å². The number of nitrogens with zero attached hydrogens (tertiary/aromatic N) is 2. The number of nitro groups is 1. The predicted molar refractivity (Wildman–Crippen MR) is 87.4 cm³/mol. The van der Waals surface area contributed by atoms with Crippen molar-refractivity contribution in [3.05, 3.63) is 64.2 Å². The van der Waals surface area contributed by atoms with Gasteiger partial charge in [0.05, 0.1) is 10.5 Å². The average Bonchev–Trinajstić information content (AvgIpc) is 2.61. The van der Waals surface area contributed by atoms with Crippen molar-refractivity contribution < 1.29 is 19.2 Å². The Balaban J connectivity index is 2.27. The van der Waals surface area contributed by atoms with E-state index in [0.717, 1.165) is 0 Å². The van der Waals surface area contributed by atoms with Crippen LogP contribution in [0, 0.1) is 10.1 Å². The van der Waals surface area contributed by atoms with Crippen molar-refractivity contribution in [2.24, 2.45) is 0 Å². The minimum atomic E-state index is -0.687. The summed E-state index contributed by atoms with van der Waals surface area (Å²) in [7, 11) is 2.94. The highest BCUT2D eigenvalue weighted by Crippen LogP contribution is 2.24. The van der Waals surface area contributed by atoms with Gasteiger partial charge in [-0.05, 0) is 24.3 Å². The van der Waals surface area contributed by atoms with Crippen molar-refractivity contribution in [2.45, 2.75) is 0 Å². The minimum Gasteiger partial charge on any atom is -0.410 e. The quantitative estimate of drug-likeness (QED) is 0.686. The molecule has 0 aliphatic heterocycles. The van der Waals surface area contributed by atoms with Gasteiger partial charge in [-0.3, -0.25) is 14.9 Å². The zero-order valence-corrected chi connectivity index (χ0v) is 13.1. The Hall–Kier alpha value is -3.42. The van der Waals surface area contributed by atoms with Crippen molar-refractivity contribution in [2.75, 3.05) is 19.0 Å². The number of nitro benzene ring substituents is 1. The number of benzene rings is 2. The van der Waals surface area contributed by atoms with Gasteiger partial charge in [0.15, 0.2) is 0 Å². The van der Waals surface area contributed by atoms with Gasteiger partial charge < -0.3 is 15.0 Å². The van der Waals surface area contributed by atoms with Gasteiger partial charge in [0.1, 0.15) is 5.75 Å². The second kappa shape index (κ2) is 7.23. The predicted octanol–water partition coefficient (Wildman–Crippen LogP) is 2.59. The summed E-state index contributed by atoms with van der Waals surface area (Å²) in [5, 5.41) is 13.0. The molecule has 2 rings (SSSR count). The van der Waals surface area contributed by atoms with E-state index in [1.54, 1.807) is 12.1 Å². The number of ether oxygens (including phenoxy) is 1. The summed E-state index contributed by atoms with van der Waals surface area (Å²) in [5.74, 6) is -0.293. The van der Waals surface area contributed by atoms with Crippen LogP contribution in [0.15, 0.2) is 48.5 Å². The number of hydrogen-bond acceptors (Lipinski definition) is 5. The van der Waals surface area contributed by atoms with E-state index in [2.05, 4.69) is 5.32 Å². The van der Waals surface area contributed by atoms with Gasteiger partial charge in [-0.25, -0.2) is 4.79 Å². The second-order valence-corrected chi connectivity index (χ2v) is 4.77. The Bertz CT molecular complexity index is 774. The van der Waals surface area contributed by atoms with E-state index in [9.17, 15) is 19.7 Å². The molecule has 0 unspecified atom stereocenters. The minimum absolute atomic E-state index is 0.0667. The molecule has 0 bridgehead atoms. The van der Waals surface area contributed by atoms with Crippen LogP contribution >= 0.6 is 0 Å². The topological polar surface area (TPSA) is 102 Å². The first-order chi connectivity index (χ1) is 11.4. The van der Waals surface area contributed by atoms with Crippen LogP contribution in [0.1, 0.15) is 10.4 Å². The number of non-ortho nitro benzene ring substituents is 1. The zero-order chi connectivity index (χ0) is 17.7. The smallest absolute Gasteiger partial charge is 0.410 e. The number of amides is 2.